The van der Waals surface area contributed by atoms with E-state index in [-0.39, 0.29) is 18.4 Å². The maximum absolute atomic E-state index is 12.6. The number of hydrogen-bond acceptors (Lipinski definition) is 3. The minimum absolute atomic E-state index is 0.0137. The standard InChI is InChI=1S/C21H24N4O2/c1-3-6-20(26)22-13-19-24-17-7-4-5-8-18(17)25(19)14-21(27)23-16-11-9-15(2)10-12-16/h4-5,7-12H,3,6,13-14H2,1-2H3,(H,22,26)(H,23,27). The highest BCUT2D eigenvalue weighted by molar-refractivity contribution is 5.91. The van der Waals surface area contributed by atoms with Crippen molar-refractivity contribution in [1.29, 1.82) is 0 Å². The molecule has 6 heteroatoms. The molecule has 6 nitrogen and oxygen atoms in total. The van der Waals surface area contributed by atoms with E-state index >= 15 is 0 Å². The fourth-order valence-corrected chi connectivity index (χ4v) is 2.91. The van der Waals surface area contributed by atoms with Crippen LogP contribution >= 0.6 is 0 Å². The summed E-state index contributed by atoms with van der Waals surface area (Å²) in [5.41, 5.74) is 3.57. The fraction of sp³-hybridized carbons (Fsp3) is 0.286. The van der Waals surface area contributed by atoms with Gasteiger partial charge in [-0.2, -0.15) is 0 Å². The number of imidazole rings is 1. The van der Waals surface area contributed by atoms with Crippen molar-refractivity contribution in [3.63, 3.8) is 0 Å². The van der Waals surface area contributed by atoms with E-state index < -0.39 is 0 Å². The predicted octanol–water partition coefficient (Wildman–Crippen LogP) is 3.40. The van der Waals surface area contributed by atoms with E-state index in [1.54, 1.807) is 0 Å². The lowest BCUT2D eigenvalue weighted by molar-refractivity contribution is -0.121. The number of para-hydroxylation sites is 2. The number of anilines is 1. The number of aryl methyl sites for hydroxylation is 1. The molecule has 0 saturated carbocycles. The van der Waals surface area contributed by atoms with Gasteiger partial charge in [0.1, 0.15) is 12.4 Å². The van der Waals surface area contributed by atoms with Gasteiger partial charge in [0, 0.05) is 12.1 Å². The van der Waals surface area contributed by atoms with Crippen molar-refractivity contribution in [1.82, 2.24) is 14.9 Å². The number of amides is 2. The predicted molar refractivity (Wildman–Crippen MR) is 106 cm³/mol. The number of fused-ring (bicyclic) bond motifs is 1. The number of nitrogens with zero attached hydrogens (tertiary/aromatic N) is 2. The Morgan fingerprint density at radius 2 is 1.78 bits per heavy atom. The third-order valence-corrected chi connectivity index (χ3v) is 4.29. The van der Waals surface area contributed by atoms with Crippen LogP contribution < -0.4 is 10.6 Å². The Balaban J connectivity index is 1.78. The van der Waals surface area contributed by atoms with Crippen molar-refractivity contribution in [2.75, 3.05) is 5.32 Å². The Kier molecular flexibility index (Phi) is 5.86. The van der Waals surface area contributed by atoms with E-state index in [0.29, 0.717) is 18.8 Å². The lowest BCUT2D eigenvalue weighted by Gasteiger charge is -2.11. The van der Waals surface area contributed by atoms with Gasteiger partial charge in [0.05, 0.1) is 17.6 Å². The lowest BCUT2D eigenvalue weighted by atomic mass is 10.2. The van der Waals surface area contributed by atoms with Gasteiger partial charge in [-0.1, -0.05) is 36.8 Å². The molecule has 0 unspecified atom stereocenters. The monoisotopic (exact) mass is 364 g/mol. The summed E-state index contributed by atoms with van der Waals surface area (Å²) in [6.45, 7) is 4.39. The molecule has 2 N–H and O–H groups in total. The molecule has 140 valence electrons. The van der Waals surface area contributed by atoms with E-state index in [9.17, 15) is 9.59 Å². The summed E-state index contributed by atoms with van der Waals surface area (Å²) in [6.07, 6.45) is 1.27. The summed E-state index contributed by atoms with van der Waals surface area (Å²) >= 11 is 0. The third-order valence-electron chi connectivity index (χ3n) is 4.29. The minimum atomic E-state index is -0.136. The van der Waals surface area contributed by atoms with Crippen LogP contribution in [0, 0.1) is 6.92 Å². The van der Waals surface area contributed by atoms with Crippen molar-refractivity contribution >= 4 is 28.5 Å². The summed E-state index contributed by atoms with van der Waals surface area (Å²) < 4.78 is 1.85. The van der Waals surface area contributed by atoms with Crippen molar-refractivity contribution in [2.24, 2.45) is 0 Å². The molecule has 0 aliphatic heterocycles. The first kappa shape index (κ1) is 18.6. The van der Waals surface area contributed by atoms with Gasteiger partial charge >= 0.3 is 0 Å². The molecule has 0 radical (unpaired) electrons. The van der Waals surface area contributed by atoms with Gasteiger partial charge in [-0.05, 0) is 37.6 Å². The van der Waals surface area contributed by atoms with E-state index in [0.717, 1.165) is 28.7 Å². The molecule has 3 rings (SSSR count). The average Bonchev–Trinajstić information content (AvgIpc) is 3.00. The van der Waals surface area contributed by atoms with E-state index in [1.165, 1.54) is 0 Å². The second-order valence-corrected chi connectivity index (χ2v) is 6.54. The fourth-order valence-electron chi connectivity index (χ4n) is 2.91. The first-order valence-corrected chi connectivity index (χ1v) is 9.14. The van der Waals surface area contributed by atoms with Crippen LogP contribution in [0.25, 0.3) is 11.0 Å². The Morgan fingerprint density at radius 1 is 1.04 bits per heavy atom. The molecule has 0 aliphatic rings. The molecule has 0 fully saturated rings. The zero-order valence-electron chi connectivity index (χ0n) is 15.7. The third kappa shape index (κ3) is 4.73. The van der Waals surface area contributed by atoms with Crippen molar-refractivity contribution in [3.05, 3.63) is 59.9 Å². The highest BCUT2D eigenvalue weighted by Crippen LogP contribution is 2.17. The zero-order chi connectivity index (χ0) is 19.2. The topological polar surface area (TPSA) is 76.0 Å². The Morgan fingerprint density at radius 3 is 2.52 bits per heavy atom. The van der Waals surface area contributed by atoms with Gasteiger partial charge in [-0.3, -0.25) is 9.59 Å². The number of carbonyl (C=O) groups excluding carboxylic acids is 2. The van der Waals surface area contributed by atoms with Crippen LogP contribution in [0.2, 0.25) is 0 Å². The molecule has 0 saturated heterocycles. The highest BCUT2D eigenvalue weighted by atomic mass is 16.2. The normalized spacial score (nSPS) is 10.7. The van der Waals surface area contributed by atoms with Crippen LogP contribution in [0.4, 0.5) is 5.69 Å². The largest absolute Gasteiger partial charge is 0.349 e. The van der Waals surface area contributed by atoms with Crippen LogP contribution in [-0.4, -0.2) is 21.4 Å². The maximum Gasteiger partial charge on any atom is 0.244 e. The van der Waals surface area contributed by atoms with E-state index in [2.05, 4.69) is 15.6 Å². The Hall–Kier alpha value is -3.15. The van der Waals surface area contributed by atoms with E-state index in [4.69, 9.17) is 0 Å². The van der Waals surface area contributed by atoms with Crippen LogP contribution in [0.1, 0.15) is 31.2 Å². The minimum Gasteiger partial charge on any atom is -0.349 e. The molecule has 0 atom stereocenters. The first-order valence-electron chi connectivity index (χ1n) is 9.14. The van der Waals surface area contributed by atoms with Crippen LogP contribution in [0.3, 0.4) is 0 Å². The van der Waals surface area contributed by atoms with Crippen LogP contribution in [0.5, 0.6) is 0 Å². The molecule has 1 heterocycles. The van der Waals surface area contributed by atoms with Gasteiger partial charge < -0.3 is 15.2 Å². The quantitative estimate of drug-likeness (QED) is 0.675. The molecule has 0 aliphatic carbocycles. The number of nitrogens with one attached hydrogen (secondary N) is 2. The summed E-state index contributed by atoms with van der Waals surface area (Å²) in [4.78, 5) is 28.9. The van der Waals surface area contributed by atoms with Gasteiger partial charge in [-0.25, -0.2) is 4.98 Å². The molecule has 1 aromatic heterocycles. The number of aromatic nitrogens is 2. The Labute approximate surface area is 158 Å². The highest BCUT2D eigenvalue weighted by Gasteiger charge is 2.14. The number of benzene rings is 2. The van der Waals surface area contributed by atoms with Crippen LogP contribution in [0.15, 0.2) is 48.5 Å². The molecule has 2 aromatic carbocycles. The molecular formula is C21H24N4O2. The summed E-state index contributed by atoms with van der Waals surface area (Å²) in [7, 11) is 0. The molecule has 27 heavy (non-hydrogen) atoms. The molecule has 2 amide bonds. The van der Waals surface area contributed by atoms with Crippen molar-refractivity contribution in [3.8, 4) is 0 Å². The average molecular weight is 364 g/mol. The zero-order valence-corrected chi connectivity index (χ0v) is 15.7. The summed E-state index contributed by atoms with van der Waals surface area (Å²) in [5, 5.41) is 5.79. The summed E-state index contributed by atoms with van der Waals surface area (Å²) in [6, 6.07) is 15.3. The van der Waals surface area contributed by atoms with Gasteiger partial charge in [0.15, 0.2) is 0 Å². The van der Waals surface area contributed by atoms with Gasteiger partial charge in [0.25, 0.3) is 0 Å². The molecule has 0 spiro atoms. The number of hydrogen-bond donors (Lipinski definition) is 2. The SMILES string of the molecule is CCCC(=O)NCc1nc2ccccc2n1CC(=O)Nc1ccc(C)cc1. The first-order chi connectivity index (χ1) is 13.1. The van der Waals surface area contributed by atoms with Crippen molar-refractivity contribution < 1.29 is 9.59 Å². The van der Waals surface area contributed by atoms with Gasteiger partial charge in [-0.15, -0.1) is 0 Å². The molecule has 0 bridgehead atoms. The van der Waals surface area contributed by atoms with Crippen LogP contribution in [-0.2, 0) is 22.7 Å². The second-order valence-electron chi connectivity index (χ2n) is 6.54. The lowest BCUT2D eigenvalue weighted by Crippen LogP contribution is -2.26. The Bertz CT molecular complexity index is 944. The second kappa shape index (κ2) is 8.49. The summed E-state index contributed by atoms with van der Waals surface area (Å²) in [5.74, 6) is 0.517. The van der Waals surface area contributed by atoms with Gasteiger partial charge in [0.2, 0.25) is 11.8 Å². The van der Waals surface area contributed by atoms with E-state index in [1.807, 2.05) is 66.9 Å². The molecule has 3 aromatic rings. The number of carbonyl (C=O) groups is 2. The molecular weight excluding hydrogens is 340 g/mol. The van der Waals surface area contributed by atoms with Crippen molar-refractivity contribution in [2.45, 2.75) is 39.8 Å². The smallest absolute Gasteiger partial charge is 0.244 e. The number of rotatable bonds is 7. The maximum atomic E-state index is 12.6.